The monoisotopic (exact) mass is 814 g/mol. The van der Waals surface area contributed by atoms with Gasteiger partial charge in [0, 0.05) is 30.7 Å². The molecule has 0 unspecified atom stereocenters. The molecule has 0 aliphatic carbocycles. The number of hydrogen-bond acceptors (Lipinski definition) is 3. The summed E-state index contributed by atoms with van der Waals surface area (Å²) in [5, 5.41) is 2.58. The molecule has 4 aromatic carbocycles. The zero-order valence-corrected chi connectivity index (χ0v) is 30.2. The van der Waals surface area contributed by atoms with Crippen LogP contribution in [0.3, 0.4) is 0 Å². The molecule has 4 nitrogen and oxygen atoms in total. The van der Waals surface area contributed by atoms with Crippen molar-refractivity contribution in [2.45, 2.75) is 27.3 Å². The minimum atomic E-state index is 0. The van der Waals surface area contributed by atoms with E-state index in [0.717, 1.165) is 40.3 Å². The molecule has 4 aromatic heterocycles. The van der Waals surface area contributed by atoms with Crippen LogP contribution in [-0.4, -0.2) is 19.5 Å². The van der Waals surface area contributed by atoms with Crippen LogP contribution >= 0.6 is 0 Å². The van der Waals surface area contributed by atoms with E-state index >= 15 is 0 Å². The molecule has 0 saturated heterocycles. The zero-order chi connectivity index (χ0) is 33.1. The van der Waals surface area contributed by atoms with Gasteiger partial charge >= 0.3 is 20.1 Å². The largest absolute Gasteiger partial charge is 3.00 e. The van der Waals surface area contributed by atoms with Crippen molar-refractivity contribution in [2.24, 2.45) is 5.92 Å². The van der Waals surface area contributed by atoms with Crippen LogP contribution in [0, 0.1) is 31.0 Å². The van der Waals surface area contributed by atoms with Gasteiger partial charge in [-0.1, -0.05) is 73.3 Å². The number of rotatable bonds is 5. The molecule has 0 bridgehead atoms. The predicted octanol–water partition coefficient (Wildman–Crippen LogP) is 10.7. The van der Waals surface area contributed by atoms with E-state index in [9.17, 15) is 0 Å². The first-order valence-electron chi connectivity index (χ1n) is 16.2. The molecule has 49 heavy (non-hydrogen) atoms. The molecule has 0 radical (unpaired) electrons. The number of pyridine rings is 3. The Morgan fingerprint density at radius 1 is 0.551 bits per heavy atom. The van der Waals surface area contributed by atoms with E-state index in [1.54, 1.807) is 12.4 Å². The van der Waals surface area contributed by atoms with Crippen molar-refractivity contribution in [3.8, 4) is 33.8 Å². The van der Waals surface area contributed by atoms with Crippen molar-refractivity contribution in [1.82, 2.24) is 19.5 Å². The van der Waals surface area contributed by atoms with E-state index in [1.807, 2.05) is 97.2 Å². The van der Waals surface area contributed by atoms with Crippen molar-refractivity contribution in [3.63, 3.8) is 0 Å². The third-order valence-electron chi connectivity index (χ3n) is 7.74. The van der Waals surface area contributed by atoms with Gasteiger partial charge in [-0.25, -0.2) is 0 Å². The summed E-state index contributed by atoms with van der Waals surface area (Å²) in [7, 11) is 0. The van der Waals surface area contributed by atoms with Crippen LogP contribution in [0.15, 0.2) is 152 Å². The molecule has 0 N–H and O–H groups in total. The average Bonchev–Trinajstić information content (AvgIpc) is 3.45. The number of hydrogen-bond donors (Lipinski definition) is 0. The summed E-state index contributed by atoms with van der Waals surface area (Å²) in [5.74, 6) is 0.599. The van der Waals surface area contributed by atoms with Crippen LogP contribution in [0.1, 0.15) is 19.4 Å². The first-order valence-corrected chi connectivity index (χ1v) is 16.2. The first kappa shape index (κ1) is 35.1. The topological polar surface area (TPSA) is 43.6 Å². The Bertz CT molecular complexity index is 2030. The normalized spacial score (nSPS) is 10.4. The van der Waals surface area contributed by atoms with Crippen LogP contribution < -0.4 is 0 Å². The summed E-state index contributed by atoms with van der Waals surface area (Å²) in [6.07, 6.45) is 5.44. The second-order valence-corrected chi connectivity index (χ2v) is 11.9. The van der Waals surface area contributed by atoms with Crippen molar-refractivity contribution in [2.75, 3.05) is 0 Å². The molecular formula is C44H37IrN4. The summed E-state index contributed by atoms with van der Waals surface area (Å²) in [6, 6.07) is 54.2. The van der Waals surface area contributed by atoms with Crippen molar-refractivity contribution >= 4 is 21.8 Å². The third kappa shape index (κ3) is 9.03. The molecule has 0 spiro atoms. The average molecular weight is 814 g/mol. The van der Waals surface area contributed by atoms with Crippen molar-refractivity contribution in [1.29, 1.82) is 0 Å². The van der Waals surface area contributed by atoms with Crippen LogP contribution in [0.4, 0.5) is 0 Å². The number of nitrogens with zero attached hydrogens (tertiary/aromatic N) is 4. The Balaban J connectivity index is 0.000000157. The van der Waals surface area contributed by atoms with Crippen molar-refractivity contribution in [3.05, 3.63) is 176 Å². The second kappa shape index (κ2) is 17.3. The van der Waals surface area contributed by atoms with Gasteiger partial charge < -0.3 is 19.5 Å². The molecule has 0 aliphatic heterocycles. The Labute approximate surface area is 302 Å². The van der Waals surface area contributed by atoms with Gasteiger partial charge in [-0.05, 0) is 65.1 Å². The molecule has 4 heterocycles. The van der Waals surface area contributed by atoms with Crippen LogP contribution in [-0.2, 0) is 26.7 Å². The Hall–Kier alpha value is -5.22. The van der Waals surface area contributed by atoms with Crippen LogP contribution in [0.25, 0.3) is 55.6 Å². The second-order valence-electron chi connectivity index (χ2n) is 11.9. The Kier molecular flexibility index (Phi) is 12.4. The van der Waals surface area contributed by atoms with Gasteiger partial charge in [0.15, 0.2) is 0 Å². The van der Waals surface area contributed by atoms with Crippen LogP contribution in [0.5, 0.6) is 0 Å². The third-order valence-corrected chi connectivity index (χ3v) is 7.74. The van der Waals surface area contributed by atoms with E-state index in [-0.39, 0.29) is 20.1 Å². The minimum absolute atomic E-state index is 0. The van der Waals surface area contributed by atoms with Gasteiger partial charge in [0.05, 0.1) is 0 Å². The van der Waals surface area contributed by atoms with Crippen molar-refractivity contribution < 1.29 is 20.1 Å². The summed E-state index contributed by atoms with van der Waals surface area (Å²) in [4.78, 5) is 12.9. The van der Waals surface area contributed by atoms with E-state index in [0.29, 0.717) is 5.92 Å². The molecule has 0 aliphatic rings. The molecule has 8 aromatic rings. The van der Waals surface area contributed by atoms with Gasteiger partial charge in [0.25, 0.3) is 0 Å². The summed E-state index contributed by atoms with van der Waals surface area (Å²) < 4.78 is 2.42. The van der Waals surface area contributed by atoms with E-state index in [4.69, 9.17) is 0 Å². The van der Waals surface area contributed by atoms with Gasteiger partial charge in [-0.3, -0.25) is 0 Å². The molecule has 0 saturated carbocycles. The molecule has 5 heteroatoms. The first-order chi connectivity index (χ1) is 23.6. The number of benzene rings is 4. The Morgan fingerprint density at radius 2 is 1.14 bits per heavy atom. The maximum Gasteiger partial charge on any atom is 3.00 e. The SMILES string of the molecule is Cc1ccnc(-c2[c-]cc3c(c2)c2ccccc2n3CC(C)C)c1.[Ir+3].[c-]1ccccc1-c1ccccn1.[c-]1ccccc1-c1ccccn1. The molecule has 8 rings (SSSR count). The maximum absolute atomic E-state index is 4.51. The van der Waals surface area contributed by atoms with E-state index in [1.165, 1.54) is 27.4 Å². The fourth-order valence-corrected chi connectivity index (χ4v) is 5.53. The van der Waals surface area contributed by atoms with Gasteiger partial charge in [-0.15, -0.1) is 95.6 Å². The number of aromatic nitrogens is 4. The predicted molar refractivity (Wildman–Crippen MR) is 198 cm³/mol. The number of fused-ring (bicyclic) bond motifs is 3. The molecule has 0 atom stereocenters. The maximum atomic E-state index is 4.51. The summed E-state index contributed by atoms with van der Waals surface area (Å²) in [6.45, 7) is 7.63. The zero-order valence-electron chi connectivity index (χ0n) is 27.8. The molecule has 0 fully saturated rings. The number of para-hydroxylation sites is 1. The van der Waals surface area contributed by atoms with Gasteiger partial charge in [0.1, 0.15) is 0 Å². The Morgan fingerprint density at radius 3 is 1.69 bits per heavy atom. The molecular weight excluding hydrogens is 777 g/mol. The quantitative estimate of drug-likeness (QED) is 0.163. The molecule has 242 valence electrons. The minimum Gasteiger partial charge on any atom is -0.380 e. The smallest absolute Gasteiger partial charge is 0.380 e. The van der Waals surface area contributed by atoms with E-state index in [2.05, 4.69) is 101 Å². The summed E-state index contributed by atoms with van der Waals surface area (Å²) in [5.41, 5.74) is 9.82. The fraction of sp³-hybridized carbons (Fsp3) is 0.114. The summed E-state index contributed by atoms with van der Waals surface area (Å²) >= 11 is 0. The van der Waals surface area contributed by atoms with Gasteiger partial charge in [0.2, 0.25) is 0 Å². The fourth-order valence-electron chi connectivity index (χ4n) is 5.53. The van der Waals surface area contributed by atoms with E-state index < -0.39 is 0 Å². The van der Waals surface area contributed by atoms with Gasteiger partial charge in [-0.2, -0.15) is 0 Å². The van der Waals surface area contributed by atoms with Crippen LogP contribution in [0.2, 0.25) is 0 Å². The number of aryl methyl sites for hydroxylation is 1. The molecule has 0 amide bonds. The standard InChI is InChI=1S/C22H21N2.2C11H8N.Ir/c1-15(2)14-24-21-7-5-4-6-18(21)19-13-17(8-9-22(19)24)20-12-16(3)10-11-23-20;2*1-2-6-10(7-3-1)11-8-4-5-9-12-11;/h4-7,9-13,15H,14H2,1-3H3;2*1-6,8-9H;/q3*-1;+3.